The molecule has 1 aliphatic rings. The monoisotopic (exact) mass is 247 g/mol. The predicted molar refractivity (Wildman–Crippen MR) is 72.0 cm³/mol. The van der Waals surface area contributed by atoms with E-state index in [4.69, 9.17) is 16.9 Å². The maximum atomic E-state index is 6.11. The van der Waals surface area contributed by atoms with Crippen LogP contribution in [-0.2, 0) is 17.9 Å². The third kappa shape index (κ3) is 2.51. The number of nitrogens with zero attached hydrogens (tertiary/aromatic N) is 2. The molecule has 0 aliphatic heterocycles. The van der Waals surface area contributed by atoms with Gasteiger partial charge in [-0.1, -0.05) is 25.2 Å². The highest BCUT2D eigenvalue weighted by atomic mass is 16.5. The van der Waals surface area contributed by atoms with E-state index in [9.17, 15) is 0 Å². The molecule has 4 nitrogen and oxygen atoms in total. The average Bonchev–Trinajstić information content (AvgIpc) is 2.70. The van der Waals surface area contributed by atoms with Crippen molar-refractivity contribution in [3.05, 3.63) is 11.5 Å². The highest BCUT2D eigenvalue weighted by molar-refractivity contribution is 5.39. The molecule has 1 aromatic heterocycles. The summed E-state index contributed by atoms with van der Waals surface area (Å²) in [4.78, 5) is 4.66. The van der Waals surface area contributed by atoms with Crippen molar-refractivity contribution in [2.24, 2.45) is 0 Å². The first-order valence-electron chi connectivity index (χ1n) is 6.55. The summed E-state index contributed by atoms with van der Waals surface area (Å²) in [6, 6.07) is 0. The van der Waals surface area contributed by atoms with Crippen LogP contribution in [0, 0.1) is 12.3 Å². The summed E-state index contributed by atoms with van der Waals surface area (Å²) in [6.45, 7) is 0.942. The van der Waals surface area contributed by atoms with E-state index >= 15 is 0 Å². The quantitative estimate of drug-likeness (QED) is 0.831. The van der Waals surface area contributed by atoms with E-state index in [1.807, 2.05) is 4.57 Å². The fraction of sp³-hybridized carbons (Fsp3) is 0.643. The van der Waals surface area contributed by atoms with Gasteiger partial charge in [0.15, 0.2) is 0 Å². The molecule has 98 valence electrons. The number of hydrogen-bond donors (Lipinski definition) is 1. The van der Waals surface area contributed by atoms with Crippen molar-refractivity contribution in [3.8, 4) is 12.3 Å². The number of ether oxygens (including phenoxy) is 1. The van der Waals surface area contributed by atoms with Crippen molar-refractivity contribution in [1.82, 2.24) is 9.55 Å². The molecule has 0 saturated heterocycles. The number of hydrogen-bond acceptors (Lipinski definition) is 3. The lowest BCUT2D eigenvalue weighted by Crippen LogP contribution is -2.13. The molecule has 18 heavy (non-hydrogen) atoms. The molecule has 0 aromatic carbocycles. The Hall–Kier alpha value is -1.47. The van der Waals surface area contributed by atoms with E-state index in [0.29, 0.717) is 24.9 Å². The molecule has 0 radical (unpaired) electrons. The van der Waals surface area contributed by atoms with E-state index < -0.39 is 0 Å². The lowest BCUT2D eigenvalue weighted by molar-refractivity contribution is 0.182. The van der Waals surface area contributed by atoms with Gasteiger partial charge in [-0.2, -0.15) is 0 Å². The van der Waals surface area contributed by atoms with Crippen molar-refractivity contribution in [3.63, 3.8) is 0 Å². The van der Waals surface area contributed by atoms with Crippen LogP contribution in [0.3, 0.4) is 0 Å². The molecular weight excluding hydrogens is 226 g/mol. The summed E-state index contributed by atoms with van der Waals surface area (Å²) < 4.78 is 7.11. The van der Waals surface area contributed by atoms with E-state index in [1.165, 1.54) is 32.1 Å². The molecule has 1 heterocycles. The van der Waals surface area contributed by atoms with E-state index in [-0.39, 0.29) is 0 Å². The Balaban J connectivity index is 2.31. The van der Waals surface area contributed by atoms with Crippen molar-refractivity contribution < 1.29 is 4.74 Å². The summed E-state index contributed by atoms with van der Waals surface area (Å²) >= 11 is 0. The summed E-state index contributed by atoms with van der Waals surface area (Å²) in [5.74, 6) is 4.88. The van der Waals surface area contributed by atoms with E-state index in [0.717, 1.165) is 11.5 Å². The van der Waals surface area contributed by atoms with Crippen LogP contribution in [0.1, 0.15) is 49.5 Å². The van der Waals surface area contributed by atoms with Gasteiger partial charge in [0.25, 0.3) is 0 Å². The minimum absolute atomic E-state index is 0.448. The number of nitrogens with two attached hydrogens (primary N) is 1. The van der Waals surface area contributed by atoms with Crippen LogP contribution in [-0.4, -0.2) is 16.7 Å². The predicted octanol–water partition coefficient (Wildman–Crippen LogP) is 2.29. The second-order valence-corrected chi connectivity index (χ2v) is 4.86. The summed E-state index contributed by atoms with van der Waals surface area (Å²) in [5.41, 5.74) is 6.92. The van der Waals surface area contributed by atoms with E-state index in [1.54, 1.807) is 7.11 Å². The zero-order chi connectivity index (χ0) is 13.0. The third-order valence-electron chi connectivity index (χ3n) is 3.61. The number of rotatable bonds is 4. The van der Waals surface area contributed by atoms with E-state index in [2.05, 4.69) is 10.9 Å². The molecule has 0 unspecified atom stereocenters. The number of imidazole rings is 1. The lowest BCUT2D eigenvalue weighted by Gasteiger charge is -2.21. The topological polar surface area (TPSA) is 53.1 Å². The molecule has 1 aromatic rings. The van der Waals surface area contributed by atoms with Crippen molar-refractivity contribution in [2.45, 2.75) is 51.2 Å². The van der Waals surface area contributed by atoms with Crippen LogP contribution < -0.4 is 5.73 Å². The first kappa shape index (κ1) is 13.0. The van der Waals surface area contributed by atoms with Gasteiger partial charge in [-0.25, -0.2) is 4.98 Å². The van der Waals surface area contributed by atoms with Gasteiger partial charge >= 0.3 is 0 Å². The first-order valence-corrected chi connectivity index (χ1v) is 6.55. The van der Waals surface area contributed by atoms with Gasteiger partial charge in [-0.15, -0.1) is 6.42 Å². The van der Waals surface area contributed by atoms with Gasteiger partial charge in [0.05, 0.1) is 13.2 Å². The van der Waals surface area contributed by atoms with Crippen LogP contribution in [0.15, 0.2) is 0 Å². The van der Waals surface area contributed by atoms with Gasteiger partial charge in [-0.05, 0) is 12.8 Å². The number of nitrogen functional groups attached to an aromatic ring is 1. The number of methoxy groups -OCH3 is 1. The molecule has 4 heteroatoms. The Bertz CT molecular complexity index is 439. The molecule has 2 N–H and O–H groups in total. The minimum atomic E-state index is 0.448. The minimum Gasteiger partial charge on any atom is -0.383 e. The largest absolute Gasteiger partial charge is 0.383 e. The molecule has 0 spiro atoms. The van der Waals surface area contributed by atoms with Gasteiger partial charge in [0.1, 0.15) is 17.3 Å². The van der Waals surface area contributed by atoms with Gasteiger partial charge in [0, 0.05) is 13.0 Å². The molecular formula is C14H21N3O. The van der Waals surface area contributed by atoms with Crippen LogP contribution in [0.5, 0.6) is 0 Å². The van der Waals surface area contributed by atoms with Gasteiger partial charge in [-0.3, -0.25) is 0 Å². The number of aromatic nitrogens is 2. The maximum Gasteiger partial charge on any atom is 0.130 e. The van der Waals surface area contributed by atoms with Gasteiger partial charge < -0.3 is 15.0 Å². The SMILES string of the molecule is C#CCn1c(C2CCCCC2)nc(COC)c1N. The van der Waals surface area contributed by atoms with Crippen molar-refractivity contribution in [1.29, 1.82) is 0 Å². The zero-order valence-corrected chi connectivity index (χ0v) is 11.0. The van der Waals surface area contributed by atoms with Gasteiger partial charge in [0.2, 0.25) is 0 Å². The Morgan fingerprint density at radius 3 is 2.78 bits per heavy atom. The lowest BCUT2D eigenvalue weighted by atomic mass is 9.88. The molecule has 1 saturated carbocycles. The van der Waals surface area contributed by atoms with Crippen LogP contribution >= 0.6 is 0 Å². The summed E-state index contributed by atoms with van der Waals surface area (Å²) in [5, 5.41) is 0. The fourth-order valence-corrected chi connectivity index (χ4v) is 2.71. The van der Waals surface area contributed by atoms with Crippen LogP contribution in [0.25, 0.3) is 0 Å². The maximum absolute atomic E-state index is 6.11. The Morgan fingerprint density at radius 1 is 1.44 bits per heavy atom. The summed E-state index contributed by atoms with van der Waals surface area (Å²) in [6.07, 6.45) is 11.7. The highest BCUT2D eigenvalue weighted by Crippen LogP contribution is 2.33. The Morgan fingerprint density at radius 2 is 2.17 bits per heavy atom. The molecule has 2 rings (SSSR count). The molecule has 1 fully saturated rings. The van der Waals surface area contributed by atoms with Crippen LogP contribution in [0.4, 0.5) is 5.82 Å². The Labute approximate surface area is 109 Å². The standard InChI is InChI=1S/C14H21N3O/c1-3-9-17-13(15)12(10-18-2)16-14(17)11-7-5-4-6-8-11/h1,11H,4-10,15H2,2H3. The molecule has 0 amide bonds. The second kappa shape index (κ2) is 5.92. The normalized spacial score (nSPS) is 16.7. The number of terminal acetylenes is 1. The van der Waals surface area contributed by atoms with Crippen molar-refractivity contribution >= 4 is 5.82 Å². The highest BCUT2D eigenvalue weighted by Gasteiger charge is 2.23. The first-order chi connectivity index (χ1) is 8.77. The van der Waals surface area contributed by atoms with Crippen LogP contribution in [0.2, 0.25) is 0 Å². The Kier molecular flexibility index (Phi) is 4.27. The third-order valence-corrected chi connectivity index (χ3v) is 3.61. The zero-order valence-electron chi connectivity index (χ0n) is 11.0. The van der Waals surface area contributed by atoms with Crippen molar-refractivity contribution in [2.75, 3.05) is 12.8 Å². The molecule has 1 aliphatic carbocycles. The molecule has 0 atom stereocenters. The molecule has 0 bridgehead atoms. The fourth-order valence-electron chi connectivity index (χ4n) is 2.71. The average molecular weight is 247 g/mol. The summed E-state index contributed by atoms with van der Waals surface area (Å²) in [7, 11) is 1.65. The number of anilines is 1. The second-order valence-electron chi connectivity index (χ2n) is 4.86. The smallest absolute Gasteiger partial charge is 0.130 e.